The molecule has 0 fully saturated rings. The fourth-order valence-corrected chi connectivity index (χ4v) is 3.45. The number of pyridine rings is 1. The zero-order valence-corrected chi connectivity index (χ0v) is 17.1. The Morgan fingerprint density at radius 3 is 2.70 bits per heavy atom. The molecule has 4 rings (SSSR count). The van der Waals surface area contributed by atoms with E-state index in [1.54, 1.807) is 43.2 Å². The standard InChI is InChI=1S/C20H18N6O3S/c1-13-17(19(28)26(25(13)2)15-8-4-3-5-9-15)22-16(27)12-30-20-24-23-18(29-20)14-7-6-10-21-11-14/h3-11H,12H2,1-2H3,(H,22,27). The van der Waals surface area contributed by atoms with Gasteiger partial charge >= 0.3 is 0 Å². The second-order valence-electron chi connectivity index (χ2n) is 6.39. The number of hydrogen-bond acceptors (Lipinski definition) is 7. The van der Waals surface area contributed by atoms with Crippen LogP contribution in [0.15, 0.2) is 69.3 Å². The van der Waals surface area contributed by atoms with Crippen LogP contribution in [-0.4, -0.2) is 36.2 Å². The van der Waals surface area contributed by atoms with Crippen molar-refractivity contribution in [3.63, 3.8) is 0 Å². The summed E-state index contributed by atoms with van der Waals surface area (Å²) in [7, 11) is 1.77. The normalized spacial score (nSPS) is 10.9. The van der Waals surface area contributed by atoms with E-state index in [1.807, 2.05) is 30.3 Å². The highest BCUT2D eigenvalue weighted by Gasteiger charge is 2.19. The molecule has 0 radical (unpaired) electrons. The van der Waals surface area contributed by atoms with E-state index in [4.69, 9.17) is 4.42 Å². The Morgan fingerprint density at radius 1 is 1.17 bits per heavy atom. The third kappa shape index (κ3) is 3.90. The fourth-order valence-electron chi connectivity index (χ4n) is 2.89. The quantitative estimate of drug-likeness (QED) is 0.476. The summed E-state index contributed by atoms with van der Waals surface area (Å²) in [4.78, 5) is 29.3. The molecule has 152 valence electrons. The van der Waals surface area contributed by atoms with Gasteiger partial charge in [-0.1, -0.05) is 30.0 Å². The SMILES string of the molecule is Cc1c(NC(=O)CSc2nnc(-c3cccnc3)o2)c(=O)n(-c2ccccc2)n1C. The molecule has 0 saturated heterocycles. The number of para-hydroxylation sites is 1. The van der Waals surface area contributed by atoms with Gasteiger partial charge in [0.15, 0.2) is 0 Å². The molecule has 4 aromatic rings. The average molecular weight is 422 g/mol. The highest BCUT2D eigenvalue weighted by atomic mass is 32.2. The molecule has 9 nitrogen and oxygen atoms in total. The maximum Gasteiger partial charge on any atom is 0.295 e. The minimum absolute atomic E-state index is 0.0216. The number of nitrogens with zero attached hydrogens (tertiary/aromatic N) is 5. The number of anilines is 1. The van der Waals surface area contributed by atoms with Gasteiger partial charge in [0.1, 0.15) is 5.69 Å². The van der Waals surface area contributed by atoms with E-state index in [2.05, 4.69) is 20.5 Å². The number of benzene rings is 1. The van der Waals surface area contributed by atoms with Crippen LogP contribution >= 0.6 is 11.8 Å². The van der Waals surface area contributed by atoms with Gasteiger partial charge in [-0.2, -0.15) is 0 Å². The first-order valence-electron chi connectivity index (χ1n) is 9.05. The Hall–Kier alpha value is -3.66. The Bertz CT molecular complexity index is 1230. The van der Waals surface area contributed by atoms with Gasteiger partial charge in [-0.05, 0) is 31.2 Å². The minimum Gasteiger partial charge on any atom is -0.411 e. The summed E-state index contributed by atoms with van der Waals surface area (Å²) >= 11 is 1.09. The number of aromatic nitrogens is 5. The average Bonchev–Trinajstić information content (AvgIpc) is 3.33. The lowest BCUT2D eigenvalue weighted by molar-refractivity contribution is -0.113. The number of carbonyl (C=O) groups is 1. The summed E-state index contributed by atoms with van der Waals surface area (Å²) in [5, 5.41) is 10.9. The molecule has 30 heavy (non-hydrogen) atoms. The van der Waals surface area contributed by atoms with Crippen LogP contribution in [0.5, 0.6) is 0 Å². The van der Waals surface area contributed by atoms with Crippen LogP contribution in [-0.2, 0) is 11.8 Å². The number of carbonyl (C=O) groups excluding carboxylic acids is 1. The van der Waals surface area contributed by atoms with E-state index in [-0.39, 0.29) is 28.1 Å². The molecule has 0 spiro atoms. The number of nitrogens with one attached hydrogen (secondary N) is 1. The molecule has 0 aliphatic carbocycles. The van der Waals surface area contributed by atoms with Gasteiger partial charge in [0.05, 0.1) is 22.7 Å². The Labute approximate surface area is 175 Å². The van der Waals surface area contributed by atoms with E-state index >= 15 is 0 Å². The zero-order valence-electron chi connectivity index (χ0n) is 16.3. The van der Waals surface area contributed by atoms with Crippen molar-refractivity contribution in [3.05, 3.63) is 70.9 Å². The van der Waals surface area contributed by atoms with Crippen molar-refractivity contribution < 1.29 is 9.21 Å². The summed E-state index contributed by atoms with van der Waals surface area (Å²) in [6.07, 6.45) is 3.27. The van der Waals surface area contributed by atoms with E-state index < -0.39 is 0 Å². The molecule has 0 aliphatic rings. The topological polar surface area (TPSA) is 108 Å². The van der Waals surface area contributed by atoms with Crippen molar-refractivity contribution in [2.75, 3.05) is 11.1 Å². The first-order valence-corrected chi connectivity index (χ1v) is 10.0. The highest BCUT2D eigenvalue weighted by Crippen LogP contribution is 2.22. The summed E-state index contributed by atoms with van der Waals surface area (Å²) in [5.41, 5.74) is 2.02. The zero-order chi connectivity index (χ0) is 21.1. The predicted octanol–water partition coefficient (Wildman–Crippen LogP) is 2.66. The van der Waals surface area contributed by atoms with Gasteiger partial charge in [0, 0.05) is 19.4 Å². The summed E-state index contributed by atoms with van der Waals surface area (Å²) < 4.78 is 8.77. The maximum absolute atomic E-state index is 12.9. The van der Waals surface area contributed by atoms with Gasteiger partial charge in [-0.3, -0.25) is 19.3 Å². The van der Waals surface area contributed by atoms with Crippen LogP contribution in [0.1, 0.15) is 5.69 Å². The van der Waals surface area contributed by atoms with Crippen molar-refractivity contribution in [3.8, 4) is 17.1 Å². The first kappa shape index (κ1) is 19.6. The van der Waals surface area contributed by atoms with Crippen LogP contribution in [0.4, 0.5) is 5.69 Å². The van der Waals surface area contributed by atoms with Crippen LogP contribution in [0, 0.1) is 6.92 Å². The summed E-state index contributed by atoms with van der Waals surface area (Å²) in [5.74, 6) is 0.0103. The molecule has 1 aromatic carbocycles. The molecule has 0 bridgehead atoms. The molecule has 1 amide bonds. The molecule has 0 saturated carbocycles. The fraction of sp³-hybridized carbons (Fsp3) is 0.150. The Morgan fingerprint density at radius 2 is 1.97 bits per heavy atom. The lowest BCUT2D eigenvalue weighted by Gasteiger charge is -2.07. The number of thioether (sulfide) groups is 1. The first-order chi connectivity index (χ1) is 14.5. The van der Waals surface area contributed by atoms with Crippen LogP contribution in [0.25, 0.3) is 17.1 Å². The number of hydrogen-bond donors (Lipinski definition) is 1. The molecule has 0 aliphatic heterocycles. The molecule has 0 atom stereocenters. The minimum atomic E-state index is -0.341. The molecular weight excluding hydrogens is 404 g/mol. The van der Waals surface area contributed by atoms with E-state index in [9.17, 15) is 9.59 Å². The largest absolute Gasteiger partial charge is 0.411 e. The van der Waals surface area contributed by atoms with Crippen LogP contribution in [0.2, 0.25) is 0 Å². The van der Waals surface area contributed by atoms with Gasteiger partial charge in [-0.15, -0.1) is 10.2 Å². The van der Waals surface area contributed by atoms with E-state index in [1.165, 1.54) is 4.68 Å². The molecular formula is C20H18N6O3S. The number of rotatable bonds is 6. The van der Waals surface area contributed by atoms with Gasteiger partial charge in [-0.25, -0.2) is 4.68 Å². The maximum atomic E-state index is 12.9. The van der Waals surface area contributed by atoms with Gasteiger partial charge in [0.25, 0.3) is 10.8 Å². The van der Waals surface area contributed by atoms with Crippen molar-refractivity contribution in [1.29, 1.82) is 0 Å². The smallest absolute Gasteiger partial charge is 0.295 e. The monoisotopic (exact) mass is 422 g/mol. The highest BCUT2D eigenvalue weighted by molar-refractivity contribution is 7.99. The molecule has 0 unspecified atom stereocenters. The molecule has 1 N–H and O–H groups in total. The van der Waals surface area contributed by atoms with E-state index in [0.717, 1.165) is 17.4 Å². The van der Waals surface area contributed by atoms with Crippen molar-refractivity contribution in [2.45, 2.75) is 12.1 Å². The third-order valence-electron chi connectivity index (χ3n) is 4.46. The third-order valence-corrected chi connectivity index (χ3v) is 5.28. The van der Waals surface area contributed by atoms with E-state index in [0.29, 0.717) is 17.1 Å². The lowest BCUT2D eigenvalue weighted by Crippen LogP contribution is -2.23. The lowest BCUT2D eigenvalue weighted by atomic mass is 10.3. The molecule has 3 heterocycles. The Kier molecular flexibility index (Phi) is 5.48. The van der Waals surface area contributed by atoms with Gasteiger partial charge in [0.2, 0.25) is 11.8 Å². The van der Waals surface area contributed by atoms with Crippen molar-refractivity contribution in [2.24, 2.45) is 7.05 Å². The number of amides is 1. The molecule has 10 heteroatoms. The molecule has 3 aromatic heterocycles. The summed E-state index contributed by atoms with van der Waals surface area (Å²) in [6.45, 7) is 1.78. The van der Waals surface area contributed by atoms with Crippen molar-refractivity contribution in [1.82, 2.24) is 24.5 Å². The van der Waals surface area contributed by atoms with Crippen LogP contribution in [0.3, 0.4) is 0 Å². The second-order valence-corrected chi connectivity index (χ2v) is 7.31. The predicted molar refractivity (Wildman–Crippen MR) is 113 cm³/mol. The van der Waals surface area contributed by atoms with Crippen LogP contribution < -0.4 is 10.9 Å². The van der Waals surface area contributed by atoms with Crippen molar-refractivity contribution >= 4 is 23.4 Å². The Balaban J connectivity index is 1.45. The second kappa shape index (κ2) is 8.37. The van der Waals surface area contributed by atoms with Gasteiger partial charge < -0.3 is 9.73 Å². The summed E-state index contributed by atoms with van der Waals surface area (Å²) in [6, 6.07) is 12.8.